The van der Waals surface area contributed by atoms with E-state index in [2.05, 4.69) is 9.71 Å². The lowest BCUT2D eigenvalue weighted by Gasteiger charge is -2.23. The molecule has 112 valence electrons. The van der Waals surface area contributed by atoms with Crippen molar-refractivity contribution in [2.75, 3.05) is 0 Å². The molecule has 6 nitrogen and oxygen atoms in total. The van der Waals surface area contributed by atoms with Crippen LogP contribution in [-0.2, 0) is 16.4 Å². The number of nitrogens with zero attached hydrogens (tertiary/aromatic N) is 1. The van der Waals surface area contributed by atoms with Crippen LogP contribution in [0.25, 0.3) is 0 Å². The average molecular weight is 344 g/mol. The van der Waals surface area contributed by atoms with E-state index in [1.54, 1.807) is 11.3 Å². The van der Waals surface area contributed by atoms with Gasteiger partial charge in [-0.05, 0) is 36.3 Å². The van der Waals surface area contributed by atoms with Crippen molar-refractivity contribution in [1.82, 2.24) is 9.71 Å². The minimum atomic E-state index is -3.88. The monoisotopic (exact) mass is 344 g/mol. The Morgan fingerprint density at radius 1 is 1.43 bits per heavy atom. The van der Waals surface area contributed by atoms with Crippen molar-refractivity contribution < 1.29 is 18.3 Å². The fourth-order valence-corrected chi connectivity index (χ4v) is 5.81. The molecule has 0 spiro atoms. The van der Waals surface area contributed by atoms with Crippen molar-refractivity contribution in [2.45, 2.75) is 29.5 Å². The van der Waals surface area contributed by atoms with Gasteiger partial charge < -0.3 is 5.11 Å². The molecule has 2 aromatic rings. The van der Waals surface area contributed by atoms with Crippen LogP contribution < -0.4 is 4.72 Å². The predicted octanol–water partition coefficient (Wildman–Crippen LogP) is 2.26. The van der Waals surface area contributed by atoms with E-state index >= 15 is 0 Å². The van der Waals surface area contributed by atoms with Crippen molar-refractivity contribution >= 4 is 38.7 Å². The van der Waals surface area contributed by atoms with Crippen LogP contribution in [-0.4, -0.2) is 24.5 Å². The predicted molar refractivity (Wildman–Crippen MR) is 79.4 cm³/mol. The molecule has 0 radical (unpaired) electrons. The number of hydrogen-bond donors (Lipinski definition) is 2. The Bertz CT molecular complexity index is 778. The number of fused-ring (bicyclic) bond motifs is 1. The Hall–Kier alpha value is -1.29. The minimum Gasteiger partial charge on any atom is -0.476 e. The van der Waals surface area contributed by atoms with E-state index in [0.29, 0.717) is 6.42 Å². The lowest BCUT2D eigenvalue weighted by Crippen LogP contribution is -2.31. The zero-order valence-electron chi connectivity index (χ0n) is 10.8. The van der Waals surface area contributed by atoms with E-state index in [4.69, 9.17) is 5.11 Å². The molecular formula is C12H12N2O4S3. The number of aromatic carboxylic acids is 1. The highest BCUT2D eigenvalue weighted by molar-refractivity contribution is 7.91. The molecule has 1 aliphatic carbocycles. The van der Waals surface area contributed by atoms with Gasteiger partial charge in [0, 0.05) is 10.9 Å². The third-order valence-corrected chi connectivity index (χ3v) is 7.17. The molecule has 0 aliphatic heterocycles. The number of carboxylic acid groups (broad SMARTS) is 1. The Morgan fingerprint density at radius 2 is 2.24 bits per heavy atom. The fourth-order valence-electron chi connectivity index (χ4n) is 2.42. The summed E-state index contributed by atoms with van der Waals surface area (Å²) in [5.74, 6) is -1.34. The molecule has 1 aliphatic rings. The highest BCUT2D eigenvalue weighted by atomic mass is 32.2. The summed E-state index contributed by atoms with van der Waals surface area (Å²) in [7, 11) is -3.88. The van der Waals surface area contributed by atoms with Gasteiger partial charge in [0.1, 0.15) is 0 Å². The van der Waals surface area contributed by atoms with Gasteiger partial charge >= 0.3 is 5.97 Å². The number of aryl methyl sites for hydroxylation is 1. The summed E-state index contributed by atoms with van der Waals surface area (Å²) in [6, 6.07) is 1.63. The Kier molecular flexibility index (Phi) is 3.82. The van der Waals surface area contributed by atoms with Gasteiger partial charge in [0.2, 0.25) is 0 Å². The first-order valence-electron chi connectivity index (χ1n) is 6.24. The molecule has 3 rings (SSSR count). The molecule has 0 aromatic carbocycles. The molecule has 1 atom stereocenters. The summed E-state index contributed by atoms with van der Waals surface area (Å²) in [6.45, 7) is 0. The minimum absolute atomic E-state index is 0.239. The molecule has 2 heterocycles. The van der Waals surface area contributed by atoms with E-state index in [1.165, 1.54) is 10.4 Å². The number of nitrogens with one attached hydrogen (secondary N) is 1. The number of carboxylic acids is 1. The molecule has 0 bridgehead atoms. The van der Waals surface area contributed by atoms with Crippen LogP contribution in [0.5, 0.6) is 0 Å². The number of thiophene rings is 1. The summed E-state index contributed by atoms with van der Waals surface area (Å²) in [5.41, 5.74) is 1.81. The maximum atomic E-state index is 12.4. The number of sulfonamides is 1. The van der Waals surface area contributed by atoms with Crippen molar-refractivity contribution in [2.24, 2.45) is 0 Å². The second-order valence-electron chi connectivity index (χ2n) is 4.66. The van der Waals surface area contributed by atoms with Crippen molar-refractivity contribution in [3.63, 3.8) is 0 Å². The van der Waals surface area contributed by atoms with Crippen molar-refractivity contribution in [3.05, 3.63) is 33.1 Å². The Morgan fingerprint density at radius 3 is 3.00 bits per heavy atom. The highest BCUT2D eigenvalue weighted by Crippen LogP contribution is 2.34. The first-order valence-corrected chi connectivity index (χ1v) is 9.48. The molecule has 0 amide bonds. The summed E-state index contributed by atoms with van der Waals surface area (Å²) >= 11 is 2.44. The van der Waals surface area contributed by atoms with Crippen LogP contribution in [0.2, 0.25) is 0 Å². The van der Waals surface area contributed by atoms with E-state index in [1.807, 2.05) is 11.4 Å². The molecule has 0 fully saturated rings. The third kappa shape index (κ3) is 2.73. The molecule has 1 unspecified atom stereocenters. The number of aromatic nitrogens is 1. The Labute approximate surface area is 129 Å². The van der Waals surface area contributed by atoms with Crippen LogP contribution in [0.15, 0.2) is 21.2 Å². The largest absolute Gasteiger partial charge is 0.476 e. The molecule has 9 heteroatoms. The number of thiazole rings is 1. The summed E-state index contributed by atoms with van der Waals surface area (Å²) in [5, 5.41) is 11.0. The van der Waals surface area contributed by atoms with Gasteiger partial charge in [-0.25, -0.2) is 22.9 Å². The maximum absolute atomic E-state index is 12.4. The standard InChI is InChI=1S/C12H12N2O4S3/c15-11(16)10-12(20-6-13-10)21(17,18)14-8-2-1-3-9-7(8)4-5-19-9/h4-6,8,14H,1-3H2,(H,15,16). The van der Waals surface area contributed by atoms with Crippen LogP contribution in [0.1, 0.15) is 39.8 Å². The molecule has 2 aromatic heterocycles. The van der Waals surface area contributed by atoms with E-state index in [0.717, 1.165) is 29.7 Å². The first-order chi connectivity index (χ1) is 9.99. The van der Waals surface area contributed by atoms with Crippen molar-refractivity contribution in [3.8, 4) is 0 Å². The molecule has 0 saturated heterocycles. The number of rotatable bonds is 4. The van der Waals surface area contributed by atoms with Crippen LogP contribution in [0.4, 0.5) is 0 Å². The van der Waals surface area contributed by atoms with E-state index < -0.39 is 21.7 Å². The molecular weight excluding hydrogens is 332 g/mol. The van der Waals surface area contributed by atoms with Gasteiger partial charge in [0.05, 0.1) is 5.51 Å². The third-order valence-electron chi connectivity index (χ3n) is 3.33. The summed E-state index contributed by atoms with van der Waals surface area (Å²) < 4.78 is 27.2. The zero-order valence-corrected chi connectivity index (χ0v) is 13.2. The molecule has 2 N–H and O–H groups in total. The quantitative estimate of drug-likeness (QED) is 0.887. The number of hydrogen-bond acceptors (Lipinski definition) is 6. The summed E-state index contributed by atoms with van der Waals surface area (Å²) in [6.07, 6.45) is 2.59. The Balaban J connectivity index is 1.91. The van der Waals surface area contributed by atoms with E-state index in [-0.39, 0.29) is 10.3 Å². The van der Waals surface area contributed by atoms with Crippen LogP contribution in [0, 0.1) is 0 Å². The van der Waals surface area contributed by atoms with Gasteiger partial charge in [-0.1, -0.05) is 0 Å². The topological polar surface area (TPSA) is 96.4 Å². The second kappa shape index (κ2) is 5.48. The van der Waals surface area contributed by atoms with Crippen LogP contribution in [0.3, 0.4) is 0 Å². The average Bonchev–Trinajstić information content (AvgIpc) is 3.08. The zero-order chi connectivity index (χ0) is 15.0. The van der Waals surface area contributed by atoms with Gasteiger partial charge in [-0.2, -0.15) is 0 Å². The fraction of sp³-hybridized carbons (Fsp3) is 0.333. The normalized spacial score (nSPS) is 18.4. The lowest BCUT2D eigenvalue weighted by molar-refractivity contribution is 0.0687. The van der Waals surface area contributed by atoms with Gasteiger partial charge in [-0.3, -0.25) is 0 Å². The first kappa shape index (κ1) is 14.6. The SMILES string of the molecule is O=C(O)c1ncsc1S(=O)(=O)NC1CCCc2sccc21. The van der Waals surface area contributed by atoms with Gasteiger partial charge in [0.25, 0.3) is 10.0 Å². The second-order valence-corrected chi connectivity index (χ2v) is 8.42. The maximum Gasteiger partial charge on any atom is 0.356 e. The lowest BCUT2D eigenvalue weighted by atomic mass is 9.95. The number of carbonyl (C=O) groups is 1. The van der Waals surface area contributed by atoms with Crippen molar-refractivity contribution in [1.29, 1.82) is 0 Å². The summed E-state index contributed by atoms with van der Waals surface area (Å²) in [4.78, 5) is 15.8. The van der Waals surface area contributed by atoms with Gasteiger partial charge in [0.15, 0.2) is 9.90 Å². The highest BCUT2D eigenvalue weighted by Gasteiger charge is 2.30. The van der Waals surface area contributed by atoms with Gasteiger partial charge in [-0.15, -0.1) is 22.7 Å². The smallest absolute Gasteiger partial charge is 0.356 e. The van der Waals surface area contributed by atoms with Crippen LogP contribution >= 0.6 is 22.7 Å². The molecule has 21 heavy (non-hydrogen) atoms. The molecule has 0 saturated carbocycles. The van der Waals surface area contributed by atoms with E-state index in [9.17, 15) is 13.2 Å².